The highest BCUT2D eigenvalue weighted by Gasteiger charge is 2.25. The van der Waals surface area contributed by atoms with Gasteiger partial charge in [-0.25, -0.2) is 0 Å². The molecule has 2 unspecified atom stereocenters. The topological polar surface area (TPSA) is 49.6 Å². The van der Waals surface area contributed by atoms with Crippen LogP contribution in [0, 0.1) is 0 Å². The standard InChI is InChI=1S/C26H24N3O/c30-26(22-15-7-2-8-16-22)25(21-13-5-1-6-14-21)27-28-29(23-17-9-3-10-18-23)24-19-11-4-12-20-24/h1-20,25-26,28,30H. The first-order valence-electron chi connectivity index (χ1n) is 9.96. The molecular weight excluding hydrogens is 370 g/mol. The van der Waals surface area contributed by atoms with Crippen molar-refractivity contribution in [3.8, 4) is 0 Å². The molecule has 0 saturated carbocycles. The van der Waals surface area contributed by atoms with Crippen molar-refractivity contribution >= 4 is 11.4 Å². The summed E-state index contributed by atoms with van der Waals surface area (Å²) in [5, 5.41) is 13.0. The summed E-state index contributed by atoms with van der Waals surface area (Å²) in [6, 6.07) is 39.0. The Morgan fingerprint density at radius 3 is 1.43 bits per heavy atom. The molecule has 149 valence electrons. The van der Waals surface area contributed by atoms with E-state index in [1.54, 1.807) is 0 Å². The molecule has 0 aromatic heterocycles. The van der Waals surface area contributed by atoms with Gasteiger partial charge in [-0.2, -0.15) is 0 Å². The predicted octanol–water partition coefficient (Wildman–Crippen LogP) is 5.32. The molecule has 1 radical (unpaired) electrons. The summed E-state index contributed by atoms with van der Waals surface area (Å²) in [4.78, 5) is 0. The van der Waals surface area contributed by atoms with Crippen molar-refractivity contribution in [3.63, 3.8) is 0 Å². The van der Waals surface area contributed by atoms with Crippen molar-refractivity contribution in [1.82, 2.24) is 11.0 Å². The first kappa shape index (κ1) is 19.9. The first-order chi connectivity index (χ1) is 14.8. The molecule has 4 rings (SSSR count). The van der Waals surface area contributed by atoms with Gasteiger partial charge < -0.3 is 5.11 Å². The van der Waals surface area contributed by atoms with E-state index < -0.39 is 12.1 Å². The monoisotopic (exact) mass is 394 g/mol. The Kier molecular flexibility index (Phi) is 6.52. The van der Waals surface area contributed by atoms with Crippen LogP contribution in [0.25, 0.3) is 0 Å². The van der Waals surface area contributed by atoms with E-state index in [1.165, 1.54) is 0 Å². The lowest BCUT2D eigenvalue weighted by Crippen LogP contribution is -2.42. The zero-order valence-electron chi connectivity index (χ0n) is 16.5. The number of hydrogen-bond acceptors (Lipinski definition) is 3. The summed E-state index contributed by atoms with van der Waals surface area (Å²) in [6.45, 7) is 0. The Bertz CT molecular complexity index is 972. The maximum Gasteiger partial charge on any atom is 0.102 e. The molecule has 2 atom stereocenters. The van der Waals surface area contributed by atoms with E-state index in [2.05, 4.69) is 5.53 Å². The van der Waals surface area contributed by atoms with Crippen LogP contribution in [-0.2, 0) is 0 Å². The molecule has 0 spiro atoms. The lowest BCUT2D eigenvalue weighted by atomic mass is 9.96. The highest BCUT2D eigenvalue weighted by molar-refractivity contribution is 5.61. The average Bonchev–Trinajstić information content (AvgIpc) is 2.84. The quantitative estimate of drug-likeness (QED) is 0.398. The fourth-order valence-corrected chi connectivity index (χ4v) is 3.35. The molecule has 4 aromatic rings. The molecule has 4 aromatic carbocycles. The van der Waals surface area contributed by atoms with E-state index in [0.717, 1.165) is 22.5 Å². The molecule has 0 fully saturated rings. The molecule has 0 heterocycles. The van der Waals surface area contributed by atoms with Gasteiger partial charge in [-0.15, -0.1) is 11.0 Å². The van der Waals surface area contributed by atoms with Gasteiger partial charge >= 0.3 is 0 Å². The fourth-order valence-electron chi connectivity index (χ4n) is 3.35. The number of benzene rings is 4. The van der Waals surface area contributed by atoms with Gasteiger partial charge in [0.2, 0.25) is 0 Å². The second kappa shape index (κ2) is 9.85. The third kappa shape index (κ3) is 4.75. The molecule has 0 bridgehead atoms. The molecule has 4 heteroatoms. The van der Waals surface area contributed by atoms with Crippen molar-refractivity contribution in [2.75, 3.05) is 5.01 Å². The summed E-state index contributed by atoms with van der Waals surface area (Å²) >= 11 is 0. The summed E-state index contributed by atoms with van der Waals surface area (Å²) in [5.74, 6) is 0. The number of aliphatic hydroxyl groups is 1. The van der Waals surface area contributed by atoms with E-state index in [4.69, 9.17) is 5.43 Å². The maximum atomic E-state index is 11.1. The number of hydrazine groups is 1. The van der Waals surface area contributed by atoms with Gasteiger partial charge in [0.15, 0.2) is 0 Å². The molecular formula is C26H24N3O. The normalized spacial score (nSPS) is 12.8. The molecule has 30 heavy (non-hydrogen) atoms. The van der Waals surface area contributed by atoms with Crippen LogP contribution >= 0.6 is 0 Å². The van der Waals surface area contributed by atoms with Gasteiger partial charge in [0.25, 0.3) is 0 Å². The second-order valence-electron chi connectivity index (χ2n) is 6.95. The van der Waals surface area contributed by atoms with Gasteiger partial charge in [-0.3, -0.25) is 5.01 Å². The van der Waals surface area contributed by atoms with Crippen LogP contribution in [0.2, 0.25) is 0 Å². The Morgan fingerprint density at radius 2 is 0.967 bits per heavy atom. The zero-order chi connectivity index (χ0) is 20.6. The minimum Gasteiger partial charge on any atom is -0.386 e. The van der Waals surface area contributed by atoms with E-state index in [9.17, 15) is 5.11 Å². The minimum atomic E-state index is -0.783. The lowest BCUT2D eigenvalue weighted by Gasteiger charge is -2.29. The molecule has 0 saturated heterocycles. The molecule has 0 aliphatic rings. The van der Waals surface area contributed by atoms with Gasteiger partial charge in [-0.05, 0) is 35.4 Å². The summed E-state index contributed by atoms with van der Waals surface area (Å²) < 4.78 is 0. The van der Waals surface area contributed by atoms with E-state index in [1.807, 2.05) is 126 Å². The number of para-hydroxylation sites is 2. The third-order valence-electron chi connectivity index (χ3n) is 4.91. The maximum absolute atomic E-state index is 11.1. The molecule has 2 N–H and O–H groups in total. The van der Waals surface area contributed by atoms with Crippen molar-refractivity contribution < 1.29 is 5.11 Å². The van der Waals surface area contributed by atoms with Crippen LogP contribution in [-0.4, -0.2) is 5.11 Å². The average molecular weight is 394 g/mol. The zero-order valence-corrected chi connectivity index (χ0v) is 16.5. The van der Waals surface area contributed by atoms with Gasteiger partial charge in [0.05, 0.1) is 17.4 Å². The van der Waals surface area contributed by atoms with Crippen molar-refractivity contribution in [2.45, 2.75) is 12.1 Å². The first-order valence-corrected chi connectivity index (χ1v) is 9.96. The highest BCUT2D eigenvalue weighted by Crippen LogP contribution is 2.30. The second-order valence-corrected chi connectivity index (χ2v) is 6.95. The predicted molar refractivity (Wildman–Crippen MR) is 121 cm³/mol. The van der Waals surface area contributed by atoms with Gasteiger partial charge in [0, 0.05) is 0 Å². The van der Waals surface area contributed by atoms with E-state index >= 15 is 0 Å². The molecule has 0 amide bonds. The SMILES string of the molecule is OC(c1ccccc1)C([N]NN(c1ccccc1)c1ccccc1)c1ccccc1. The van der Waals surface area contributed by atoms with Gasteiger partial charge in [-0.1, -0.05) is 97.1 Å². The Balaban J connectivity index is 1.63. The van der Waals surface area contributed by atoms with Gasteiger partial charge in [0.1, 0.15) is 6.10 Å². The van der Waals surface area contributed by atoms with Crippen LogP contribution in [0.3, 0.4) is 0 Å². The number of rotatable bonds is 8. The smallest absolute Gasteiger partial charge is 0.102 e. The number of aliphatic hydroxyl groups excluding tert-OH is 1. The number of anilines is 2. The number of nitrogens with zero attached hydrogens (tertiary/aromatic N) is 2. The highest BCUT2D eigenvalue weighted by atomic mass is 16.3. The Labute approximate surface area is 177 Å². The van der Waals surface area contributed by atoms with Crippen LogP contribution in [0.1, 0.15) is 23.3 Å². The van der Waals surface area contributed by atoms with Crippen LogP contribution in [0.4, 0.5) is 11.4 Å². The summed E-state index contributed by atoms with van der Waals surface area (Å²) in [5.41, 5.74) is 11.6. The summed E-state index contributed by atoms with van der Waals surface area (Å²) in [7, 11) is 0. The van der Waals surface area contributed by atoms with E-state index in [-0.39, 0.29) is 0 Å². The Hall–Kier alpha value is -3.44. The molecule has 4 nitrogen and oxygen atoms in total. The van der Waals surface area contributed by atoms with Crippen LogP contribution < -0.4 is 16.0 Å². The molecule has 0 aliphatic carbocycles. The summed E-state index contributed by atoms with van der Waals surface area (Å²) in [6.07, 6.45) is -0.783. The fraction of sp³-hybridized carbons (Fsp3) is 0.0769. The molecule has 0 aliphatic heterocycles. The largest absolute Gasteiger partial charge is 0.386 e. The van der Waals surface area contributed by atoms with E-state index in [0.29, 0.717) is 0 Å². The van der Waals surface area contributed by atoms with Crippen molar-refractivity contribution in [2.24, 2.45) is 0 Å². The number of hydrogen-bond donors (Lipinski definition) is 2. The van der Waals surface area contributed by atoms with Crippen molar-refractivity contribution in [3.05, 3.63) is 132 Å². The lowest BCUT2D eigenvalue weighted by molar-refractivity contribution is 0.118. The van der Waals surface area contributed by atoms with Crippen LogP contribution in [0.15, 0.2) is 121 Å². The van der Waals surface area contributed by atoms with Crippen molar-refractivity contribution in [1.29, 1.82) is 0 Å². The number of nitrogens with one attached hydrogen (secondary N) is 1. The minimum absolute atomic E-state index is 0.483. The van der Waals surface area contributed by atoms with Crippen LogP contribution in [0.5, 0.6) is 0 Å². The Morgan fingerprint density at radius 1 is 0.567 bits per heavy atom. The third-order valence-corrected chi connectivity index (χ3v) is 4.91.